The minimum atomic E-state index is -3.59. The molecule has 1 atom stereocenters. The smallest absolute Gasteiger partial charge is 0.260 e. The van der Waals surface area contributed by atoms with Gasteiger partial charge in [0.05, 0.1) is 11.5 Å². The average molecular weight is 449 g/mol. The normalized spacial score (nSPS) is 16.5. The number of carbonyl (C=O) groups excluding carboxylic acids is 1. The van der Waals surface area contributed by atoms with E-state index >= 15 is 0 Å². The van der Waals surface area contributed by atoms with E-state index in [2.05, 4.69) is 5.32 Å². The van der Waals surface area contributed by atoms with E-state index in [9.17, 15) is 18.3 Å². The molecule has 1 aliphatic heterocycles. The number of nitrogens with one attached hydrogen (secondary N) is 1. The van der Waals surface area contributed by atoms with Gasteiger partial charge >= 0.3 is 0 Å². The van der Waals surface area contributed by atoms with Crippen molar-refractivity contribution in [3.8, 4) is 17.2 Å². The Bertz CT molecular complexity index is 968. The number of hydrogen-bond acceptors (Lipinski definition) is 6. The van der Waals surface area contributed by atoms with E-state index in [1.807, 2.05) is 6.92 Å². The van der Waals surface area contributed by atoms with Crippen LogP contribution in [0.25, 0.3) is 0 Å². The van der Waals surface area contributed by atoms with Gasteiger partial charge in [0.2, 0.25) is 10.0 Å². The van der Waals surface area contributed by atoms with Gasteiger partial charge in [-0.2, -0.15) is 4.31 Å². The maximum atomic E-state index is 12.9. The molecule has 1 fully saturated rings. The van der Waals surface area contributed by atoms with Crippen LogP contribution in [0.15, 0.2) is 53.4 Å². The van der Waals surface area contributed by atoms with E-state index in [0.29, 0.717) is 44.0 Å². The van der Waals surface area contributed by atoms with Gasteiger partial charge in [0, 0.05) is 19.1 Å². The molecule has 3 rings (SSSR count). The Morgan fingerprint density at radius 3 is 2.26 bits per heavy atom. The third kappa shape index (κ3) is 5.89. The summed E-state index contributed by atoms with van der Waals surface area (Å²) in [5.74, 6) is 0.973. The van der Waals surface area contributed by atoms with E-state index in [1.54, 1.807) is 43.3 Å². The number of benzene rings is 2. The van der Waals surface area contributed by atoms with Crippen molar-refractivity contribution in [1.29, 1.82) is 0 Å². The number of amides is 1. The summed E-state index contributed by atoms with van der Waals surface area (Å²) in [5.41, 5.74) is 0. The van der Waals surface area contributed by atoms with Crippen LogP contribution >= 0.6 is 0 Å². The number of phenolic OH excluding ortho intramolecular Hbond substituents is 1. The summed E-state index contributed by atoms with van der Waals surface area (Å²) < 4.78 is 38.2. The fraction of sp³-hybridized carbons (Fsp3) is 0.409. The summed E-state index contributed by atoms with van der Waals surface area (Å²) in [6, 6.07) is 12.4. The van der Waals surface area contributed by atoms with Crippen LogP contribution in [0.1, 0.15) is 26.7 Å². The second-order valence-electron chi connectivity index (χ2n) is 7.35. The molecule has 31 heavy (non-hydrogen) atoms. The molecule has 0 spiro atoms. The van der Waals surface area contributed by atoms with Gasteiger partial charge in [-0.15, -0.1) is 0 Å². The van der Waals surface area contributed by atoms with Crippen molar-refractivity contribution in [1.82, 2.24) is 9.62 Å². The molecular weight excluding hydrogens is 420 g/mol. The maximum absolute atomic E-state index is 12.9. The van der Waals surface area contributed by atoms with Gasteiger partial charge in [0.25, 0.3) is 5.91 Å². The first kappa shape index (κ1) is 22.9. The van der Waals surface area contributed by atoms with Crippen molar-refractivity contribution < 1.29 is 27.8 Å². The van der Waals surface area contributed by atoms with Gasteiger partial charge < -0.3 is 19.9 Å². The quantitative estimate of drug-likeness (QED) is 0.643. The first-order valence-corrected chi connectivity index (χ1v) is 11.7. The molecule has 9 heteroatoms. The Hall–Kier alpha value is -2.78. The maximum Gasteiger partial charge on any atom is 0.260 e. The highest BCUT2D eigenvalue weighted by Crippen LogP contribution is 2.23. The van der Waals surface area contributed by atoms with E-state index in [0.717, 1.165) is 0 Å². The third-order valence-corrected chi connectivity index (χ3v) is 7.00. The molecule has 2 aromatic rings. The molecule has 1 unspecified atom stereocenters. The van der Waals surface area contributed by atoms with Gasteiger partial charge in [-0.3, -0.25) is 4.79 Å². The lowest BCUT2D eigenvalue weighted by atomic mass is 10.1. The fourth-order valence-corrected chi connectivity index (χ4v) is 4.83. The predicted octanol–water partition coefficient (Wildman–Crippen LogP) is 2.53. The fourth-order valence-electron chi connectivity index (χ4n) is 3.36. The number of carbonyl (C=O) groups is 1. The Morgan fingerprint density at radius 2 is 1.68 bits per heavy atom. The minimum Gasteiger partial charge on any atom is -0.508 e. The molecule has 168 valence electrons. The van der Waals surface area contributed by atoms with Crippen molar-refractivity contribution in [3.63, 3.8) is 0 Å². The van der Waals surface area contributed by atoms with Crippen LogP contribution in [-0.2, 0) is 14.8 Å². The van der Waals surface area contributed by atoms with E-state index in [4.69, 9.17) is 9.47 Å². The SMILES string of the molecule is CCOc1ccc(S(=O)(=O)N2CCC(NC(=O)C(C)Oc3ccc(O)cc3)CC2)cc1. The summed E-state index contributed by atoms with van der Waals surface area (Å²) in [6.45, 7) is 4.69. The predicted molar refractivity (Wildman–Crippen MR) is 116 cm³/mol. The van der Waals surface area contributed by atoms with Crippen LogP contribution in [0.3, 0.4) is 0 Å². The Balaban J connectivity index is 1.51. The molecule has 1 saturated heterocycles. The molecule has 1 amide bonds. The molecule has 0 radical (unpaired) electrons. The standard InChI is InChI=1S/C22H28N2O6S/c1-3-29-19-8-10-21(11-9-19)31(27,28)24-14-12-17(13-15-24)23-22(26)16(2)30-20-6-4-18(25)5-7-20/h4-11,16-17,25H,3,12-15H2,1-2H3,(H,23,26). The van der Waals surface area contributed by atoms with Crippen molar-refractivity contribution in [2.75, 3.05) is 19.7 Å². The number of rotatable bonds is 8. The summed E-state index contributed by atoms with van der Waals surface area (Å²) in [7, 11) is -3.59. The van der Waals surface area contributed by atoms with E-state index in [-0.39, 0.29) is 22.6 Å². The summed E-state index contributed by atoms with van der Waals surface area (Å²) in [6.07, 6.45) is 0.331. The second-order valence-corrected chi connectivity index (χ2v) is 9.28. The highest BCUT2D eigenvalue weighted by molar-refractivity contribution is 7.89. The first-order valence-electron chi connectivity index (χ1n) is 10.3. The molecular formula is C22H28N2O6S. The number of sulfonamides is 1. The van der Waals surface area contributed by atoms with Crippen LogP contribution in [-0.4, -0.2) is 55.6 Å². The number of piperidine rings is 1. The lowest BCUT2D eigenvalue weighted by Crippen LogP contribution is -2.49. The molecule has 8 nitrogen and oxygen atoms in total. The van der Waals surface area contributed by atoms with Gasteiger partial charge in [-0.05, 0) is 75.2 Å². The van der Waals surface area contributed by atoms with Crippen LogP contribution < -0.4 is 14.8 Å². The molecule has 1 heterocycles. The minimum absolute atomic E-state index is 0.120. The molecule has 0 saturated carbocycles. The number of hydrogen-bond donors (Lipinski definition) is 2. The van der Waals surface area contributed by atoms with Crippen molar-refractivity contribution in [2.45, 2.75) is 43.7 Å². The number of nitrogens with zero attached hydrogens (tertiary/aromatic N) is 1. The monoisotopic (exact) mass is 448 g/mol. The first-order chi connectivity index (χ1) is 14.8. The molecule has 0 aliphatic carbocycles. The van der Waals surface area contributed by atoms with E-state index in [1.165, 1.54) is 16.4 Å². The zero-order chi connectivity index (χ0) is 22.4. The second kappa shape index (κ2) is 10.0. The van der Waals surface area contributed by atoms with Crippen molar-refractivity contribution in [2.24, 2.45) is 0 Å². The number of aromatic hydroxyl groups is 1. The zero-order valence-electron chi connectivity index (χ0n) is 17.7. The number of phenols is 1. The van der Waals surface area contributed by atoms with E-state index < -0.39 is 16.1 Å². The largest absolute Gasteiger partial charge is 0.508 e. The topological polar surface area (TPSA) is 105 Å². The summed E-state index contributed by atoms with van der Waals surface area (Å²) >= 11 is 0. The van der Waals surface area contributed by atoms with Crippen LogP contribution in [0.2, 0.25) is 0 Å². The van der Waals surface area contributed by atoms with Gasteiger partial charge in [0.1, 0.15) is 17.2 Å². The van der Waals surface area contributed by atoms with Crippen LogP contribution in [0, 0.1) is 0 Å². The highest BCUT2D eigenvalue weighted by atomic mass is 32.2. The Kier molecular flexibility index (Phi) is 7.40. The van der Waals surface area contributed by atoms with Crippen molar-refractivity contribution in [3.05, 3.63) is 48.5 Å². The summed E-state index contributed by atoms with van der Waals surface area (Å²) in [4.78, 5) is 12.7. The van der Waals surface area contributed by atoms with Crippen LogP contribution in [0.4, 0.5) is 0 Å². The lowest BCUT2D eigenvalue weighted by molar-refractivity contribution is -0.128. The third-order valence-electron chi connectivity index (χ3n) is 5.09. The van der Waals surface area contributed by atoms with Crippen LogP contribution in [0.5, 0.6) is 17.2 Å². The molecule has 2 N–H and O–H groups in total. The Morgan fingerprint density at radius 1 is 1.10 bits per heavy atom. The van der Waals surface area contributed by atoms with Gasteiger partial charge in [-0.25, -0.2) is 8.42 Å². The molecule has 0 bridgehead atoms. The summed E-state index contributed by atoms with van der Waals surface area (Å²) in [5, 5.41) is 12.2. The zero-order valence-corrected chi connectivity index (χ0v) is 18.5. The lowest BCUT2D eigenvalue weighted by Gasteiger charge is -2.32. The van der Waals surface area contributed by atoms with Gasteiger partial charge in [0.15, 0.2) is 6.10 Å². The average Bonchev–Trinajstić information content (AvgIpc) is 2.76. The molecule has 2 aromatic carbocycles. The Labute approximate surface area is 182 Å². The molecule has 0 aromatic heterocycles. The number of ether oxygens (including phenoxy) is 2. The highest BCUT2D eigenvalue weighted by Gasteiger charge is 2.30. The van der Waals surface area contributed by atoms with Crippen molar-refractivity contribution >= 4 is 15.9 Å². The molecule has 1 aliphatic rings. The van der Waals surface area contributed by atoms with Gasteiger partial charge in [-0.1, -0.05) is 0 Å².